The minimum atomic E-state index is -0.225. The van der Waals surface area contributed by atoms with E-state index in [4.69, 9.17) is 13.6 Å². The van der Waals surface area contributed by atoms with Crippen LogP contribution in [0.1, 0.15) is 23.3 Å². The Labute approximate surface area is 120 Å². The first-order valence-corrected chi connectivity index (χ1v) is 6.57. The van der Waals surface area contributed by atoms with E-state index >= 15 is 0 Å². The number of aromatic nitrogens is 3. The van der Waals surface area contributed by atoms with Crippen LogP contribution in [0.3, 0.4) is 0 Å². The number of para-hydroxylation sites is 1. The van der Waals surface area contributed by atoms with Crippen LogP contribution in [0, 0.1) is 0 Å². The quantitative estimate of drug-likeness (QED) is 0.786. The van der Waals surface area contributed by atoms with Crippen molar-refractivity contribution >= 4 is 6.01 Å². The van der Waals surface area contributed by atoms with Crippen LogP contribution < -0.4 is 10.1 Å². The minimum absolute atomic E-state index is 0.225. The van der Waals surface area contributed by atoms with Crippen molar-refractivity contribution in [1.82, 2.24) is 15.2 Å². The average Bonchev–Trinajstić information content (AvgIpc) is 3.24. The Balaban J connectivity index is 1.44. The summed E-state index contributed by atoms with van der Waals surface area (Å²) in [7, 11) is 0. The molecule has 106 valence electrons. The van der Waals surface area contributed by atoms with E-state index in [-0.39, 0.29) is 6.10 Å². The lowest BCUT2D eigenvalue weighted by atomic mass is 10.1. The molecule has 2 aromatic heterocycles. The fourth-order valence-corrected chi connectivity index (χ4v) is 2.25. The summed E-state index contributed by atoms with van der Waals surface area (Å²) < 4.78 is 16.3. The van der Waals surface area contributed by atoms with Gasteiger partial charge in [0.25, 0.3) is 5.89 Å². The zero-order chi connectivity index (χ0) is 14.1. The second-order valence-corrected chi connectivity index (χ2v) is 4.70. The van der Waals surface area contributed by atoms with Gasteiger partial charge < -0.3 is 18.9 Å². The van der Waals surface area contributed by atoms with Gasteiger partial charge in [0, 0.05) is 6.42 Å². The van der Waals surface area contributed by atoms with Crippen LogP contribution in [0.25, 0.3) is 0 Å². The second-order valence-electron chi connectivity index (χ2n) is 4.70. The molecule has 4 rings (SSSR count). The van der Waals surface area contributed by atoms with E-state index in [0.717, 1.165) is 23.4 Å². The molecule has 1 aliphatic heterocycles. The molecule has 0 fully saturated rings. The van der Waals surface area contributed by atoms with Crippen LogP contribution in [-0.2, 0) is 13.0 Å². The molecule has 0 amide bonds. The van der Waals surface area contributed by atoms with Crippen LogP contribution in [-0.4, -0.2) is 15.2 Å². The first-order valence-electron chi connectivity index (χ1n) is 6.57. The first kappa shape index (κ1) is 12.0. The SMILES string of the molecule is c1ccc2c(c1)C[C@H](c1nnc(NCc3cocn3)o1)O2. The molecule has 7 heteroatoms. The van der Waals surface area contributed by atoms with E-state index in [1.54, 1.807) is 6.26 Å². The lowest BCUT2D eigenvalue weighted by Gasteiger charge is -2.04. The van der Waals surface area contributed by atoms with Gasteiger partial charge in [0.05, 0.1) is 12.2 Å². The predicted octanol–water partition coefficient (Wildman–Crippen LogP) is 2.35. The molecular formula is C14H12N4O3. The Morgan fingerprint density at radius 1 is 1.24 bits per heavy atom. The molecule has 7 nitrogen and oxygen atoms in total. The first-order chi connectivity index (χ1) is 10.4. The fraction of sp³-hybridized carbons (Fsp3) is 0.214. The van der Waals surface area contributed by atoms with E-state index in [0.29, 0.717) is 18.5 Å². The molecule has 1 atom stereocenters. The molecule has 1 N–H and O–H groups in total. The summed E-state index contributed by atoms with van der Waals surface area (Å²) >= 11 is 0. The van der Waals surface area contributed by atoms with Gasteiger partial charge in [-0.1, -0.05) is 23.3 Å². The highest BCUT2D eigenvalue weighted by atomic mass is 16.5. The monoisotopic (exact) mass is 284 g/mol. The zero-order valence-corrected chi connectivity index (χ0v) is 11.0. The predicted molar refractivity (Wildman–Crippen MR) is 71.6 cm³/mol. The number of anilines is 1. The Bertz CT molecular complexity index is 713. The van der Waals surface area contributed by atoms with Gasteiger partial charge in [-0.3, -0.25) is 0 Å². The normalized spacial score (nSPS) is 16.5. The topological polar surface area (TPSA) is 86.2 Å². The highest BCUT2D eigenvalue weighted by Gasteiger charge is 2.28. The van der Waals surface area contributed by atoms with Gasteiger partial charge in [-0.05, 0) is 11.6 Å². The molecule has 0 spiro atoms. The standard InChI is InChI=1S/C14H12N4O3/c1-2-4-11-9(3-1)5-12(20-11)13-17-18-14(21-13)15-6-10-7-19-8-16-10/h1-4,7-8,12H,5-6H2,(H,15,18)/t12-/m1/s1. The summed E-state index contributed by atoms with van der Waals surface area (Å²) in [6, 6.07) is 8.25. The number of ether oxygens (including phenoxy) is 1. The average molecular weight is 284 g/mol. The third-order valence-electron chi connectivity index (χ3n) is 3.27. The molecular weight excluding hydrogens is 272 g/mol. The lowest BCUT2D eigenvalue weighted by Crippen LogP contribution is -2.03. The molecule has 21 heavy (non-hydrogen) atoms. The molecule has 1 aliphatic rings. The van der Waals surface area contributed by atoms with Gasteiger partial charge in [-0.15, -0.1) is 5.10 Å². The van der Waals surface area contributed by atoms with E-state index in [1.165, 1.54) is 6.39 Å². The van der Waals surface area contributed by atoms with Crippen molar-refractivity contribution in [3.8, 4) is 5.75 Å². The Hall–Kier alpha value is -2.83. The number of nitrogens with one attached hydrogen (secondary N) is 1. The van der Waals surface area contributed by atoms with Gasteiger partial charge in [-0.25, -0.2) is 4.98 Å². The van der Waals surface area contributed by atoms with Crippen molar-refractivity contribution in [2.24, 2.45) is 0 Å². The van der Waals surface area contributed by atoms with Crippen LogP contribution in [0.4, 0.5) is 6.01 Å². The van der Waals surface area contributed by atoms with Gasteiger partial charge in [0.2, 0.25) is 0 Å². The number of nitrogens with zero attached hydrogens (tertiary/aromatic N) is 3. The van der Waals surface area contributed by atoms with Crippen LogP contribution in [0.5, 0.6) is 5.75 Å². The Kier molecular flexibility index (Phi) is 2.81. The maximum atomic E-state index is 5.81. The largest absolute Gasteiger partial charge is 0.480 e. The maximum Gasteiger partial charge on any atom is 0.315 e. The summed E-state index contributed by atoms with van der Waals surface area (Å²) in [6.45, 7) is 0.462. The molecule has 0 radical (unpaired) electrons. The van der Waals surface area contributed by atoms with Crippen molar-refractivity contribution in [3.63, 3.8) is 0 Å². The number of fused-ring (bicyclic) bond motifs is 1. The smallest absolute Gasteiger partial charge is 0.315 e. The second kappa shape index (κ2) is 4.93. The Morgan fingerprint density at radius 3 is 3.05 bits per heavy atom. The van der Waals surface area contributed by atoms with E-state index in [1.807, 2.05) is 24.3 Å². The van der Waals surface area contributed by atoms with Gasteiger partial charge in [0.1, 0.15) is 12.0 Å². The molecule has 3 heterocycles. The minimum Gasteiger partial charge on any atom is -0.480 e. The number of hydrogen-bond donors (Lipinski definition) is 1. The van der Waals surface area contributed by atoms with Gasteiger partial charge in [-0.2, -0.15) is 0 Å². The number of rotatable bonds is 4. The summed E-state index contributed by atoms with van der Waals surface area (Å²) in [5.41, 5.74) is 1.91. The molecule has 0 saturated carbocycles. The van der Waals surface area contributed by atoms with Crippen LogP contribution >= 0.6 is 0 Å². The highest BCUT2D eigenvalue weighted by molar-refractivity contribution is 5.38. The maximum absolute atomic E-state index is 5.81. The molecule has 0 aliphatic carbocycles. The fourth-order valence-electron chi connectivity index (χ4n) is 2.25. The Morgan fingerprint density at radius 2 is 2.19 bits per heavy atom. The number of oxazole rings is 1. The van der Waals surface area contributed by atoms with E-state index in [2.05, 4.69) is 20.5 Å². The summed E-state index contributed by atoms with van der Waals surface area (Å²) in [5, 5.41) is 11.0. The van der Waals surface area contributed by atoms with Crippen molar-refractivity contribution in [2.45, 2.75) is 19.1 Å². The number of hydrogen-bond acceptors (Lipinski definition) is 7. The van der Waals surface area contributed by atoms with Crippen molar-refractivity contribution in [3.05, 3.63) is 54.1 Å². The van der Waals surface area contributed by atoms with Crippen molar-refractivity contribution in [1.29, 1.82) is 0 Å². The molecule has 1 aromatic carbocycles. The van der Waals surface area contributed by atoms with E-state index in [9.17, 15) is 0 Å². The summed E-state index contributed by atoms with van der Waals surface area (Å²) in [4.78, 5) is 4.00. The van der Waals surface area contributed by atoms with Crippen molar-refractivity contribution < 1.29 is 13.6 Å². The third-order valence-corrected chi connectivity index (χ3v) is 3.27. The number of benzene rings is 1. The molecule has 0 bridgehead atoms. The lowest BCUT2D eigenvalue weighted by molar-refractivity contribution is 0.199. The van der Waals surface area contributed by atoms with Gasteiger partial charge >= 0.3 is 6.01 Å². The molecule has 3 aromatic rings. The van der Waals surface area contributed by atoms with Crippen LogP contribution in [0.2, 0.25) is 0 Å². The molecule has 0 saturated heterocycles. The summed E-state index contributed by atoms with van der Waals surface area (Å²) in [6.07, 6.45) is 3.44. The molecule has 0 unspecified atom stereocenters. The van der Waals surface area contributed by atoms with Crippen molar-refractivity contribution in [2.75, 3.05) is 5.32 Å². The third kappa shape index (κ3) is 2.33. The van der Waals surface area contributed by atoms with Crippen LogP contribution in [0.15, 0.2) is 45.8 Å². The van der Waals surface area contributed by atoms with Gasteiger partial charge in [0.15, 0.2) is 12.5 Å². The summed E-state index contributed by atoms with van der Waals surface area (Å²) in [5.74, 6) is 1.34. The highest BCUT2D eigenvalue weighted by Crippen LogP contribution is 2.35. The van der Waals surface area contributed by atoms with E-state index < -0.39 is 0 Å². The zero-order valence-electron chi connectivity index (χ0n) is 11.0.